The smallest absolute Gasteiger partial charge is 0.313 e. The van der Waals surface area contributed by atoms with E-state index < -0.39 is 12.1 Å². The molecule has 1 amide bonds. The molecular weight excluding hydrogens is 398 g/mol. The topological polar surface area (TPSA) is 77.8 Å². The minimum absolute atomic E-state index is 0.0356. The van der Waals surface area contributed by atoms with Crippen LogP contribution in [0.4, 0.5) is 0 Å². The number of aliphatic hydroxyl groups is 1. The molecule has 1 aliphatic heterocycles. The van der Waals surface area contributed by atoms with E-state index in [2.05, 4.69) is 0 Å². The lowest BCUT2D eigenvalue weighted by Crippen LogP contribution is -2.42. The summed E-state index contributed by atoms with van der Waals surface area (Å²) in [5, 5.41) is 19.6. The van der Waals surface area contributed by atoms with E-state index in [0.717, 1.165) is 18.4 Å². The van der Waals surface area contributed by atoms with Gasteiger partial charge in [0.2, 0.25) is 5.91 Å². The number of hydrogen-bond donors (Lipinski definition) is 2. The summed E-state index contributed by atoms with van der Waals surface area (Å²) in [5.74, 6) is -0.0463. The third kappa shape index (κ3) is 8.09. The van der Waals surface area contributed by atoms with Crippen molar-refractivity contribution in [2.24, 2.45) is 0 Å². The Kier molecular flexibility index (Phi) is 9.61. The lowest BCUT2D eigenvalue weighted by Gasteiger charge is -2.33. The molecule has 2 atom stereocenters. The summed E-state index contributed by atoms with van der Waals surface area (Å²) in [7, 11) is 0. The molecule has 1 heterocycles. The molecule has 0 spiro atoms. The number of amides is 1. The van der Waals surface area contributed by atoms with Crippen LogP contribution in [0.15, 0.2) is 48.6 Å². The maximum Gasteiger partial charge on any atom is 0.313 e. The summed E-state index contributed by atoms with van der Waals surface area (Å²) in [4.78, 5) is 24.6. The molecule has 0 saturated carbocycles. The molecule has 1 aromatic carbocycles. The zero-order chi connectivity index (χ0) is 20.4. The molecule has 0 radical (unpaired) electrons. The predicted octanol–water partition coefficient (Wildman–Crippen LogP) is 3.55. The van der Waals surface area contributed by atoms with Gasteiger partial charge in [-0.3, -0.25) is 9.59 Å². The van der Waals surface area contributed by atoms with Crippen LogP contribution in [-0.2, 0) is 16.0 Å². The molecule has 1 saturated heterocycles. The Morgan fingerprint density at radius 1 is 1.39 bits per heavy atom. The standard InChI is InChI=1S/C21H26ClNO4S/c22-17-6-3-5-16(13-17)14-19(24)10-9-18-7-4-8-20(25)23(18)11-1-2-12-28-15-21(26)27/h1-3,5-6,9-10,13,18-19,24H,4,7-8,11-12,14-15H2,(H,26,27)/t18-,19?/m1/s1. The molecule has 0 aliphatic carbocycles. The van der Waals surface area contributed by atoms with Crippen LogP contribution in [0.5, 0.6) is 0 Å². The number of carbonyl (C=O) groups excluding carboxylic acids is 1. The fourth-order valence-electron chi connectivity index (χ4n) is 3.08. The van der Waals surface area contributed by atoms with Crippen LogP contribution in [-0.4, -0.2) is 57.2 Å². The minimum atomic E-state index is -0.828. The first kappa shape index (κ1) is 22.5. The van der Waals surface area contributed by atoms with Crippen molar-refractivity contribution in [1.82, 2.24) is 4.90 Å². The average Bonchev–Trinajstić information content (AvgIpc) is 2.64. The first-order valence-corrected chi connectivity index (χ1v) is 10.8. The molecule has 0 bridgehead atoms. The molecular formula is C21H26ClNO4S. The molecule has 28 heavy (non-hydrogen) atoms. The van der Waals surface area contributed by atoms with E-state index in [0.29, 0.717) is 30.2 Å². The highest BCUT2D eigenvalue weighted by Gasteiger charge is 2.25. The van der Waals surface area contributed by atoms with Crippen molar-refractivity contribution in [3.05, 3.63) is 59.2 Å². The van der Waals surface area contributed by atoms with Gasteiger partial charge in [0.15, 0.2) is 0 Å². The number of hydrogen-bond acceptors (Lipinski definition) is 4. The van der Waals surface area contributed by atoms with Crippen molar-refractivity contribution in [3.8, 4) is 0 Å². The average molecular weight is 424 g/mol. The highest BCUT2D eigenvalue weighted by molar-refractivity contribution is 8.00. The van der Waals surface area contributed by atoms with Gasteiger partial charge in [0.1, 0.15) is 0 Å². The van der Waals surface area contributed by atoms with Gasteiger partial charge in [-0.05, 0) is 30.5 Å². The van der Waals surface area contributed by atoms with Crippen molar-refractivity contribution in [2.75, 3.05) is 18.1 Å². The highest BCUT2D eigenvalue weighted by Crippen LogP contribution is 2.20. The number of halogens is 1. The lowest BCUT2D eigenvalue weighted by atomic mass is 9.99. The van der Waals surface area contributed by atoms with Crippen molar-refractivity contribution in [2.45, 2.75) is 37.8 Å². The van der Waals surface area contributed by atoms with E-state index in [4.69, 9.17) is 16.7 Å². The predicted molar refractivity (Wildman–Crippen MR) is 114 cm³/mol. The zero-order valence-corrected chi connectivity index (χ0v) is 17.2. The van der Waals surface area contributed by atoms with Crippen LogP contribution in [0.2, 0.25) is 5.02 Å². The molecule has 1 fully saturated rings. The van der Waals surface area contributed by atoms with Crippen LogP contribution in [0.3, 0.4) is 0 Å². The molecule has 1 unspecified atom stereocenters. The number of likely N-dealkylation sites (tertiary alicyclic amines) is 1. The molecule has 2 N–H and O–H groups in total. The molecule has 1 aliphatic rings. The fourth-order valence-corrected chi connectivity index (χ4v) is 3.86. The molecule has 152 valence electrons. The van der Waals surface area contributed by atoms with Gasteiger partial charge >= 0.3 is 5.97 Å². The Morgan fingerprint density at radius 3 is 2.96 bits per heavy atom. The molecule has 5 nitrogen and oxygen atoms in total. The number of carboxylic acids is 1. The molecule has 7 heteroatoms. The van der Waals surface area contributed by atoms with Crippen LogP contribution in [0.1, 0.15) is 24.8 Å². The summed E-state index contributed by atoms with van der Waals surface area (Å²) in [6.07, 6.45) is 9.55. The fraction of sp³-hybridized carbons (Fsp3) is 0.429. The molecule has 1 aromatic rings. The van der Waals surface area contributed by atoms with Gasteiger partial charge in [0.05, 0.1) is 17.9 Å². The monoisotopic (exact) mass is 423 g/mol. The summed E-state index contributed by atoms with van der Waals surface area (Å²) in [6.45, 7) is 0.492. The quantitative estimate of drug-likeness (QED) is 0.444. The summed E-state index contributed by atoms with van der Waals surface area (Å²) >= 11 is 7.30. The van der Waals surface area contributed by atoms with E-state index in [1.165, 1.54) is 11.8 Å². The Labute approximate surface area is 175 Å². The second kappa shape index (κ2) is 11.9. The van der Waals surface area contributed by atoms with E-state index in [-0.39, 0.29) is 17.7 Å². The second-order valence-electron chi connectivity index (χ2n) is 6.67. The van der Waals surface area contributed by atoms with Crippen LogP contribution >= 0.6 is 23.4 Å². The Hall–Kier alpha value is -1.76. The number of nitrogens with zero attached hydrogens (tertiary/aromatic N) is 1. The van der Waals surface area contributed by atoms with Gasteiger partial charge in [-0.25, -0.2) is 0 Å². The van der Waals surface area contributed by atoms with Gasteiger partial charge in [0.25, 0.3) is 0 Å². The highest BCUT2D eigenvalue weighted by atomic mass is 35.5. The minimum Gasteiger partial charge on any atom is -0.481 e. The number of piperidine rings is 1. The van der Waals surface area contributed by atoms with Gasteiger partial charge in [0, 0.05) is 30.2 Å². The first-order valence-electron chi connectivity index (χ1n) is 9.30. The number of aliphatic hydroxyl groups excluding tert-OH is 1. The largest absolute Gasteiger partial charge is 0.481 e. The summed E-state index contributed by atoms with van der Waals surface area (Å²) in [6, 6.07) is 7.38. The van der Waals surface area contributed by atoms with Crippen molar-refractivity contribution in [1.29, 1.82) is 0 Å². The number of aliphatic carboxylic acids is 1. The summed E-state index contributed by atoms with van der Waals surface area (Å²) < 4.78 is 0. The molecule has 2 rings (SSSR count). The SMILES string of the molecule is O=C(O)CSCC=CCN1C(=O)CCC[C@@H]1C=CC(O)Cc1cccc(Cl)c1. The van der Waals surface area contributed by atoms with Crippen molar-refractivity contribution in [3.63, 3.8) is 0 Å². The van der Waals surface area contributed by atoms with E-state index >= 15 is 0 Å². The third-order valence-electron chi connectivity index (χ3n) is 4.41. The maximum absolute atomic E-state index is 12.3. The van der Waals surface area contributed by atoms with Gasteiger partial charge in [-0.15, -0.1) is 11.8 Å². The first-order chi connectivity index (χ1) is 13.5. The number of carbonyl (C=O) groups is 2. The Balaban J connectivity index is 1.87. The van der Waals surface area contributed by atoms with Gasteiger partial charge < -0.3 is 15.1 Å². The molecule has 0 aromatic heterocycles. The number of thioether (sulfide) groups is 1. The van der Waals surface area contributed by atoms with Gasteiger partial charge in [-0.2, -0.15) is 0 Å². The van der Waals surface area contributed by atoms with Crippen molar-refractivity contribution < 1.29 is 19.8 Å². The number of rotatable bonds is 10. The third-order valence-corrected chi connectivity index (χ3v) is 5.52. The van der Waals surface area contributed by atoms with Crippen LogP contribution < -0.4 is 0 Å². The Morgan fingerprint density at radius 2 is 2.21 bits per heavy atom. The van der Waals surface area contributed by atoms with Crippen molar-refractivity contribution >= 4 is 35.2 Å². The number of carboxylic acid groups (broad SMARTS) is 1. The zero-order valence-electron chi connectivity index (χ0n) is 15.7. The van der Waals surface area contributed by atoms with E-state index in [1.54, 1.807) is 12.1 Å². The van der Waals surface area contributed by atoms with Crippen LogP contribution in [0.25, 0.3) is 0 Å². The Bertz CT molecular complexity index is 722. The lowest BCUT2D eigenvalue weighted by molar-refractivity contribution is -0.135. The van der Waals surface area contributed by atoms with Gasteiger partial charge in [-0.1, -0.05) is 48.0 Å². The van der Waals surface area contributed by atoms with E-state index in [9.17, 15) is 14.7 Å². The summed E-state index contributed by atoms with van der Waals surface area (Å²) in [5.41, 5.74) is 0.961. The second-order valence-corrected chi connectivity index (χ2v) is 8.14. The normalized spacial score (nSPS) is 18.9. The van der Waals surface area contributed by atoms with Crippen LogP contribution in [0, 0.1) is 0 Å². The van der Waals surface area contributed by atoms with E-state index in [1.807, 2.05) is 41.3 Å². The number of benzene rings is 1. The maximum atomic E-state index is 12.3.